The number of hydrogen-bond acceptors (Lipinski definition) is 7. The molecule has 44 heavy (non-hydrogen) atoms. The summed E-state index contributed by atoms with van der Waals surface area (Å²) in [5.41, 5.74) is 2.51. The number of rotatable bonds is 15. The van der Waals surface area contributed by atoms with Crippen molar-refractivity contribution in [3.05, 3.63) is 53.6 Å². The van der Waals surface area contributed by atoms with Crippen molar-refractivity contribution in [3.63, 3.8) is 0 Å². The minimum Gasteiger partial charge on any atom is -0.493 e. The summed E-state index contributed by atoms with van der Waals surface area (Å²) in [5, 5.41) is 3.56. The molecule has 2 amide bonds. The molecule has 3 aliphatic rings. The Bertz CT molecular complexity index is 1260. The van der Waals surface area contributed by atoms with Crippen molar-refractivity contribution in [1.29, 1.82) is 0 Å². The van der Waals surface area contributed by atoms with E-state index in [1.165, 1.54) is 12.8 Å². The highest BCUT2D eigenvalue weighted by atomic mass is 16.5. The Labute approximate surface area is 262 Å². The second-order valence-electron chi connectivity index (χ2n) is 12.7. The number of benzene rings is 2. The molecule has 0 radical (unpaired) electrons. The number of methoxy groups -OCH3 is 2. The van der Waals surface area contributed by atoms with Crippen LogP contribution in [0.4, 0.5) is 5.69 Å². The van der Waals surface area contributed by atoms with E-state index < -0.39 is 0 Å². The number of carbonyl (C=O) groups is 2. The van der Waals surface area contributed by atoms with Gasteiger partial charge in [-0.25, -0.2) is 0 Å². The van der Waals surface area contributed by atoms with E-state index in [2.05, 4.69) is 41.1 Å². The van der Waals surface area contributed by atoms with Crippen LogP contribution in [0.3, 0.4) is 0 Å². The Kier molecular flexibility index (Phi) is 11.0. The summed E-state index contributed by atoms with van der Waals surface area (Å²) in [5.74, 6) is 1.79. The molecule has 0 aromatic heterocycles. The Hall–Kier alpha value is -3.30. The quantitative estimate of drug-likeness (QED) is 0.294. The smallest absolute Gasteiger partial charge is 0.254 e. The second kappa shape index (κ2) is 15.1. The van der Waals surface area contributed by atoms with Gasteiger partial charge in [0.2, 0.25) is 0 Å². The molecule has 9 heteroatoms. The average molecular weight is 607 g/mol. The van der Waals surface area contributed by atoms with E-state index in [4.69, 9.17) is 14.2 Å². The predicted octanol–water partition coefficient (Wildman–Crippen LogP) is 4.70. The van der Waals surface area contributed by atoms with Crippen LogP contribution >= 0.6 is 0 Å². The van der Waals surface area contributed by atoms with Gasteiger partial charge in [0.05, 0.1) is 13.7 Å². The molecule has 3 fully saturated rings. The molecule has 0 bridgehead atoms. The van der Waals surface area contributed by atoms with Gasteiger partial charge >= 0.3 is 0 Å². The van der Waals surface area contributed by atoms with Gasteiger partial charge in [-0.1, -0.05) is 6.07 Å². The highest BCUT2D eigenvalue weighted by Gasteiger charge is 2.39. The van der Waals surface area contributed by atoms with Crippen LogP contribution in [0.15, 0.2) is 42.5 Å². The van der Waals surface area contributed by atoms with Crippen LogP contribution in [-0.2, 0) is 4.74 Å². The number of hydrogen-bond donors (Lipinski definition) is 1. The van der Waals surface area contributed by atoms with Gasteiger partial charge in [-0.15, -0.1) is 0 Å². The van der Waals surface area contributed by atoms with Gasteiger partial charge < -0.3 is 34.2 Å². The van der Waals surface area contributed by atoms with Gasteiger partial charge in [0.15, 0.2) is 11.5 Å². The number of nitrogens with one attached hydrogen (secondary N) is 1. The van der Waals surface area contributed by atoms with Crippen LogP contribution in [0.1, 0.15) is 66.7 Å². The monoisotopic (exact) mass is 606 g/mol. The molecule has 1 aliphatic carbocycles. The first-order valence-corrected chi connectivity index (χ1v) is 16.4. The van der Waals surface area contributed by atoms with Gasteiger partial charge in [-0.2, -0.15) is 0 Å². The highest BCUT2D eigenvalue weighted by molar-refractivity contribution is 5.96. The molecule has 0 spiro atoms. The molecule has 0 unspecified atom stereocenters. The SMILES string of the molecule is COCCCOc1cc(C(=O)N(C[C@@H]2CNC[C@@H]2CN(C(=O)c2cccc(N3CCCC3)c2)C2CC2)C(C)C)ccc1OC. The van der Waals surface area contributed by atoms with Gasteiger partial charge in [0.25, 0.3) is 11.8 Å². The lowest BCUT2D eigenvalue weighted by Gasteiger charge is -2.34. The number of carbonyl (C=O) groups excluding carboxylic acids is 2. The van der Waals surface area contributed by atoms with E-state index in [0.29, 0.717) is 49.4 Å². The molecule has 2 aromatic carbocycles. The standard InChI is InChI=1S/C35H50N4O5/c1-25(2)38(34(40)27-11-14-32(43-4)33(20-27)44-18-8-17-42-3)23-28-21-36-22-29(28)24-39(30-12-13-30)35(41)26-9-7-10-31(19-26)37-15-5-6-16-37/h7,9-11,14,19-20,25,28-30,36H,5-6,8,12-13,15-18,21-24H2,1-4H3/t28-,29+/m0/s1. The fourth-order valence-corrected chi connectivity index (χ4v) is 6.48. The van der Waals surface area contributed by atoms with E-state index in [1.807, 2.05) is 23.1 Å². The van der Waals surface area contributed by atoms with Crippen LogP contribution in [0.25, 0.3) is 0 Å². The van der Waals surface area contributed by atoms with Gasteiger partial charge in [0.1, 0.15) is 0 Å². The molecule has 1 N–H and O–H groups in total. The molecule has 2 saturated heterocycles. The largest absolute Gasteiger partial charge is 0.493 e. The van der Waals surface area contributed by atoms with Crippen LogP contribution < -0.4 is 19.7 Å². The minimum absolute atomic E-state index is 0.0198. The lowest BCUT2D eigenvalue weighted by Crippen LogP contribution is -2.45. The Morgan fingerprint density at radius 1 is 0.909 bits per heavy atom. The Morgan fingerprint density at radius 3 is 2.32 bits per heavy atom. The molecule has 5 rings (SSSR count). The van der Waals surface area contributed by atoms with Crippen LogP contribution in [0, 0.1) is 11.8 Å². The maximum absolute atomic E-state index is 13.9. The minimum atomic E-state index is -0.0242. The fraction of sp³-hybridized carbons (Fsp3) is 0.600. The van der Waals surface area contributed by atoms with E-state index in [0.717, 1.165) is 56.7 Å². The molecule has 2 aliphatic heterocycles. The second-order valence-corrected chi connectivity index (χ2v) is 12.7. The first-order chi connectivity index (χ1) is 21.4. The number of amides is 2. The lowest BCUT2D eigenvalue weighted by atomic mass is 9.93. The van der Waals surface area contributed by atoms with E-state index in [9.17, 15) is 9.59 Å². The van der Waals surface area contributed by atoms with E-state index >= 15 is 0 Å². The fourth-order valence-electron chi connectivity index (χ4n) is 6.48. The maximum Gasteiger partial charge on any atom is 0.254 e. The van der Waals surface area contributed by atoms with Crippen molar-refractivity contribution in [3.8, 4) is 11.5 Å². The zero-order chi connectivity index (χ0) is 31.1. The van der Waals surface area contributed by atoms with Crippen molar-refractivity contribution >= 4 is 17.5 Å². The summed E-state index contributed by atoms with van der Waals surface area (Å²) >= 11 is 0. The zero-order valence-corrected chi connectivity index (χ0v) is 26.9. The van der Waals surface area contributed by atoms with Crippen LogP contribution in [-0.4, -0.2) is 100 Å². The molecule has 2 heterocycles. The van der Waals surface area contributed by atoms with Crippen LogP contribution in [0.2, 0.25) is 0 Å². The molecule has 2 atom stereocenters. The number of nitrogens with zero attached hydrogens (tertiary/aromatic N) is 3. The normalized spacial score (nSPS) is 19.8. The molecule has 240 valence electrons. The van der Waals surface area contributed by atoms with Crippen molar-refractivity contribution in [2.24, 2.45) is 11.8 Å². The van der Waals surface area contributed by atoms with Crippen LogP contribution in [0.5, 0.6) is 11.5 Å². The number of anilines is 1. The first-order valence-electron chi connectivity index (χ1n) is 16.4. The zero-order valence-electron chi connectivity index (χ0n) is 26.9. The predicted molar refractivity (Wildman–Crippen MR) is 173 cm³/mol. The van der Waals surface area contributed by atoms with E-state index in [-0.39, 0.29) is 29.7 Å². The summed E-state index contributed by atoms with van der Waals surface area (Å²) in [6.45, 7) is 10.3. The van der Waals surface area contributed by atoms with E-state index in [1.54, 1.807) is 26.4 Å². The first kappa shape index (κ1) is 32.1. The Morgan fingerprint density at radius 2 is 1.64 bits per heavy atom. The molecular weight excluding hydrogens is 556 g/mol. The average Bonchev–Trinajstić information content (AvgIpc) is 3.53. The van der Waals surface area contributed by atoms with Crippen molar-refractivity contribution in [2.45, 2.75) is 58.0 Å². The topological polar surface area (TPSA) is 83.6 Å². The van der Waals surface area contributed by atoms with Gasteiger partial charge in [0, 0.05) is 88.3 Å². The third-order valence-electron chi connectivity index (χ3n) is 9.20. The van der Waals surface area contributed by atoms with Crippen molar-refractivity contribution < 1.29 is 23.8 Å². The summed E-state index contributed by atoms with van der Waals surface area (Å²) in [6.07, 6.45) is 5.29. The van der Waals surface area contributed by atoms with Crippen molar-refractivity contribution in [1.82, 2.24) is 15.1 Å². The molecule has 1 saturated carbocycles. The van der Waals surface area contributed by atoms with Gasteiger partial charge in [-0.3, -0.25) is 9.59 Å². The summed E-state index contributed by atoms with van der Waals surface area (Å²) < 4.78 is 16.6. The summed E-state index contributed by atoms with van der Waals surface area (Å²) in [4.78, 5) is 34.3. The third-order valence-corrected chi connectivity index (χ3v) is 9.20. The molecule has 2 aromatic rings. The number of ether oxygens (including phenoxy) is 3. The maximum atomic E-state index is 13.9. The molecular formula is C35H50N4O5. The van der Waals surface area contributed by atoms with Crippen molar-refractivity contribution in [2.75, 3.05) is 71.6 Å². The van der Waals surface area contributed by atoms with Gasteiger partial charge in [-0.05, 0) is 87.8 Å². The summed E-state index contributed by atoms with van der Waals surface area (Å²) in [6, 6.07) is 13.9. The molecule has 9 nitrogen and oxygen atoms in total. The summed E-state index contributed by atoms with van der Waals surface area (Å²) in [7, 11) is 3.27. The highest BCUT2D eigenvalue weighted by Crippen LogP contribution is 2.33. The Balaban J connectivity index is 1.27. The third kappa shape index (κ3) is 7.85. The lowest BCUT2D eigenvalue weighted by molar-refractivity contribution is 0.0613.